The number of H-pyrrole nitrogens is 1. The van der Waals surface area contributed by atoms with E-state index in [1.165, 1.54) is 0 Å². The van der Waals surface area contributed by atoms with Gasteiger partial charge in [0.05, 0.1) is 24.5 Å². The number of aromatic nitrogens is 4. The maximum atomic E-state index is 13.2. The zero-order valence-electron chi connectivity index (χ0n) is 17.1. The average molecular weight is 407 g/mol. The Morgan fingerprint density at radius 2 is 1.74 bits per heavy atom. The van der Waals surface area contributed by atoms with E-state index in [9.17, 15) is 4.79 Å². The van der Waals surface area contributed by atoms with Crippen molar-refractivity contribution in [3.8, 4) is 11.5 Å². The van der Waals surface area contributed by atoms with Crippen LogP contribution < -0.4 is 0 Å². The molecule has 152 valence electrons. The molecule has 6 heteroatoms. The topological polar surface area (TPSA) is 58.9 Å². The summed E-state index contributed by atoms with van der Waals surface area (Å²) in [5.41, 5.74) is 5.82. The summed E-state index contributed by atoms with van der Waals surface area (Å²) < 4.78 is 4.08. The minimum absolute atomic E-state index is 0.00454. The molecule has 0 unspecified atom stereocenters. The molecule has 0 bridgehead atoms. The van der Waals surface area contributed by atoms with Crippen LogP contribution in [0.15, 0.2) is 79.1 Å². The lowest BCUT2D eigenvalue weighted by atomic mass is 10.2. The van der Waals surface area contributed by atoms with E-state index in [-0.39, 0.29) is 5.91 Å². The smallest absolute Gasteiger partial charge is 0.270 e. The van der Waals surface area contributed by atoms with Crippen molar-refractivity contribution in [1.29, 1.82) is 0 Å². The van der Waals surface area contributed by atoms with Crippen molar-refractivity contribution in [3.63, 3.8) is 0 Å². The van der Waals surface area contributed by atoms with Crippen LogP contribution >= 0.6 is 0 Å². The first-order valence-corrected chi connectivity index (χ1v) is 10.4. The van der Waals surface area contributed by atoms with Crippen LogP contribution in [0.4, 0.5) is 0 Å². The van der Waals surface area contributed by atoms with E-state index in [1.807, 2.05) is 76.6 Å². The number of nitrogens with zero attached hydrogens (tertiary/aromatic N) is 4. The first kappa shape index (κ1) is 17.8. The first-order chi connectivity index (χ1) is 15.2. The number of aromatic amines is 1. The second-order valence-corrected chi connectivity index (χ2v) is 7.97. The van der Waals surface area contributed by atoms with E-state index in [1.54, 1.807) is 0 Å². The summed E-state index contributed by atoms with van der Waals surface area (Å²) in [6.07, 6.45) is 4.04. The number of hydrogen-bond acceptors (Lipinski definition) is 2. The third kappa shape index (κ3) is 2.79. The van der Waals surface area contributed by atoms with E-state index < -0.39 is 0 Å². The fraction of sp³-hybridized carbons (Fsp3) is 0.120. The highest BCUT2D eigenvalue weighted by molar-refractivity contribution is 5.98. The van der Waals surface area contributed by atoms with Crippen LogP contribution in [0.5, 0.6) is 0 Å². The fourth-order valence-electron chi connectivity index (χ4n) is 4.41. The Balaban J connectivity index is 1.40. The quantitative estimate of drug-likeness (QED) is 0.475. The van der Waals surface area contributed by atoms with Gasteiger partial charge in [0.25, 0.3) is 5.91 Å². The normalized spacial score (nSPS) is 13.1. The van der Waals surface area contributed by atoms with E-state index in [0.29, 0.717) is 18.8 Å². The van der Waals surface area contributed by atoms with Crippen LogP contribution in [-0.4, -0.2) is 30.1 Å². The molecule has 0 spiro atoms. The molecule has 6 rings (SSSR count). The SMILES string of the molecule is Cc1ccccc1-n1nc2c(c1-n1cccc1)CN(C(=O)c1cc3ccccc3[nH]1)C2. The molecule has 0 radical (unpaired) electrons. The van der Waals surface area contributed by atoms with Crippen LogP contribution in [-0.2, 0) is 13.1 Å². The number of amides is 1. The summed E-state index contributed by atoms with van der Waals surface area (Å²) in [5.74, 6) is 0.983. The fourth-order valence-corrected chi connectivity index (χ4v) is 4.41. The molecule has 31 heavy (non-hydrogen) atoms. The van der Waals surface area contributed by atoms with Crippen molar-refractivity contribution >= 4 is 16.8 Å². The van der Waals surface area contributed by atoms with Gasteiger partial charge >= 0.3 is 0 Å². The van der Waals surface area contributed by atoms with Gasteiger partial charge in [-0.25, -0.2) is 4.68 Å². The lowest BCUT2D eigenvalue weighted by Gasteiger charge is -2.17. The van der Waals surface area contributed by atoms with E-state index in [2.05, 4.69) is 28.6 Å². The molecule has 5 aromatic rings. The van der Waals surface area contributed by atoms with Crippen molar-refractivity contribution < 1.29 is 4.79 Å². The molecule has 3 aromatic heterocycles. The summed E-state index contributed by atoms with van der Waals surface area (Å²) in [6.45, 7) is 3.12. The number of carbonyl (C=O) groups is 1. The molecule has 1 amide bonds. The zero-order chi connectivity index (χ0) is 20.9. The van der Waals surface area contributed by atoms with Crippen molar-refractivity contribution in [3.05, 3.63) is 102 Å². The second kappa shape index (κ2) is 6.74. The van der Waals surface area contributed by atoms with Crippen molar-refractivity contribution in [2.75, 3.05) is 0 Å². The summed E-state index contributed by atoms with van der Waals surface area (Å²) in [5, 5.41) is 5.98. The lowest BCUT2D eigenvalue weighted by molar-refractivity contribution is 0.0744. The molecular formula is C25H21N5O. The third-order valence-electron chi connectivity index (χ3n) is 5.97. The van der Waals surface area contributed by atoms with Gasteiger partial charge in [0.1, 0.15) is 11.5 Å². The predicted octanol–water partition coefficient (Wildman–Crippen LogP) is 4.61. The number of nitrogens with one attached hydrogen (secondary N) is 1. The summed E-state index contributed by atoms with van der Waals surface area (Å²) in [6, 6.07) is 22.1. The van der Waals surface area contributed by atoms with Crippen molar-refractivity contribution in [1.82, 2.24) is 24.2 Å². The van der Waals surface area contributed by atoms with Gasteiger partial charge in [-0.15, -0.1) is 0 Å². The van der Waals surface area contributed by atoms with Gasteiger partial charge in [0.2, 0.25) is 0 Å². The highest BCUT2D eigenvalue weighted by Gasteiger charge is 2.32. The Morgan fingerprint density at radius 3 is 2.55 bits per heavy atom. The molecule has 4 heterocycles. The third-order valence-corrected chi connectivity index (χ3v) is 5.97. The molecule has 0 aliphatic carbocycles. The summed E-state index contributed by atoms with van der Waals surface area (Å²) in [4.78, 5) is 18.4. The highest BCUT2D eigenvalue weighted by Crippen LogP contribution is 2.32. The van der Waals surface area contributed by atoms with Crippen LogP contribution in [0.2, 0.25) is 0 Å². The highest BCUT2D eigenvalue weighted by atomic mass is 16.2. The van der Waals surface area contributed by atoms with Crippen LogP contribution in [0.1, 0.15) is 27.3 Å². The monoisotopic (exact) mass is 407 g/mol. The number of fused-ring (bicyclic) bond motifs is 2. The second-order valence-electron chi connectivity index (χ2n) is 7.97. The van der Waals surface area contributed by atoms with Crippen LogP contribution in [0.25, 0.3) is 22.4 Å². The van der Waals surface area contributed by atoms with Crippen LogP contribution in [0.3, 0.4) is 0 Å². The minimum Gasteiger partial charge on any atom is -0.351 e. The molecule has 1 aliphatic rings. The molecule has 6 nitrogen and oxygen atoms in total. The van der Waals surface area contributed by atoms with Crippen molar-refractivity contribution in [2.45, 2.75) is 20.0 Å². The standard InChI is InChI=1S/C25H21N5O/c1-17-8-2-5-11-23(17)30-24(28-12-6-7-13-28)19-15-29(16-22(19)27-30)25(31)21-14-18-9-3-4-10-20(18)26-21/h2-14,26H,15-16H2,1H3. The Hall–Kier alpha value is -4.06. The Labute approximate surface area is 179 Å². The molecule has 2 aromatic carbocycles. The molecule has 0 atom stereocenters. The lowest BCUT2D eigenvalue weighted by Crippen LogP contribution is -2.26. The van der Waals surface area contributed by atoms with Gasteiger partial charge in [-0.3, -0.25) is 4.79 Å². The average Bonchev–Trinajstić information content (AvgIpc) is 3.55. The molecule has 0 saturated carbocycles. The molecule has 0 saturated heterocycles. The summed E-state index contributed by atoms with van der Waals surface area (Å²) in [7, 11) is 0. The summed E-state index contributed by atoms with van der Waals surface area (Å²) >= 11 is 0. The number of aryl methyl sites for hydroxylation is 1. The number of carbonyl (C=O) groups excluding carboxylic acids is 1. The minimum atomic E-state index is -0.00454. The van der Waals surface area contributed by atoms with E-state index >= 15 is 0 Å². The first-order valence-electron chi connectivity index (χ1n) is 10.4. The van der Waals surface area contributed by atoms with Crippen LogP contribution in [0, 0.1) is 6.92 Å². The Bertz CT molecular complexity index is 1390. The molecule has 0 fully saturated rings. The Morgan fingerprint density at radius 1 is 0.968 bits per heavy atom. The zero-order valence-corrected chi connectivity index (χ0v) is 17.1. The van der Waals surface area contributed by atoms with E-state index in [4.69, 9.17) is 5.10 Å². The molecule has 1 aliphatic heterocycles. The predicted molar refractivity (Wildman–Crippen MR) is 120 cm³/mol. The van der Waals surface area contributed by atoms with Gasteiger partial charge in [-0.2, -0.15) is 5.10 Å². The molecule has 1 N–H and O–H groups in total. The van der Waals surface area contributed by atoms with Gasteiger partial charge in [-0.1, -0.05) is 36.4 Å². The largest absolute Gasteiger partial charge is 0.351 e. The van der Waals surface area contributed by atoms with Gasteiger partial charge in [0, 0.05) is 28.9 Å². The van der Waals surface area contributed by atoms with Crippen molar-refractivity contribution in [2.24, 2.45) is 0 Å². The van der Waals surface area contributed by atoms with Gasteiger partial charge < -0.3 is 14.5 Å². The van der Waals surface area contributed by atoms with E-state index in [0.717, 1.165) is 39.2 Å². The maximum absolute atomic E-state index is 13.2. The maximum Gasteiger partial charge on any atom is 0.270 e. The number of para-hydroxylation sites is 2. The molecular weight excluding hydrogens is 386 g/mol. The number of rotatable bonds is 3. The van der Waals surface area contributed by atoms with Gasteiger partial charge in [-0.05, 0) is 42.8 Å². The number of benzene rings is 2. The number of hydrogen-bond donors (Lipinski definition) is 1. The Kier molecular flexibility index (Phi) is 3.86. The van der Waals surface area contributed by atoms with Gasteiger partial charge in [0.15, 0.2) is 0 Å².